The van der Waals surface area contributed by atoms with Crippen LogP contribution in [0.2, 0.25) is 0 Å². The van der Waals surface area contributed by atoms with Crippen molar-refractivity contribution in [3.8, 4) is 0 Å². The van der Waals surface area contributed by atoms with Gasteiger partial charge >= 0.3 is 6.03 Å². The van der Waals surface area contributed by atoms with Crippen molar-refractivity contribution in [2.75, 3.05) is 40.3 Å². The topological polar surface area (TPSA) is 73.0 Å². The summed E-state index contributed by atoms with van der Waals surface area (Å²) in [6.45, 7) is 4.48. The third kappa shape index (κ3) is 5.40. The van der Waals surface area contributed by atoms with Gasteiger partial charge < -0.3 is 15.1 Å². The average Bonchev–Trinajstić information content (AvgIpc) is 3.11. The number of nitrogens with zero attached hydrogens (tertiary/aromatic N) is 3. The molecule has 0 spiro atoms. The van der Waals surface area contributed by atoms with Crippen LogP contribution in [-0.4, -0.2) is 78.4 Å². The molecule has 0 bridgehead atoms. The summed E-state index contributed by atoms with van der Waals surface area (Å²) in [6.07, 6.45) is 8.22. The first-order valence-corrected chi connectivity index (χ1v) is 13.4. The highest BCUT2D eigenvalue weighted by Gasteiger charge is 2.55. The largest absolute Gasteiger partial charge is 0.342 e. The van der Waals surface area contributed by atoms with Crippen LogP contribution >= 0.6 is 0 Å². The Morgan fingerprint density at radius 3 is 2.34 bits per heavy atom. The highest BCUT2D eigenvalue weighted by Crippen LogP contribution is 2.41. The van der Waals surface area contributed by atoms with E-state index in [9.17, 15) is 14.4 Å². The Kier molecular flexibility index (Phi) is 7.84. The standard InChI is InChI=1S/C28H42N4O3/c1-27(15-8-5-9-16-27)24(33)31-18-13-23(14-19-31)28(17-12-22-10-6-4-7-11-22)25(34)32(26(35)29-28)21-20-30(2)3/h4,6-7,10-11,23H,5,8-9,12-21H2,1-3H3,(H,29,35)/t28-/m0/s1. The van der Waals surface area contributed by atoms with Gasteiger partial charge in [-0.25, -0.2) is 4.79 Å². The molecular weight excluding hydrogens is 440 g/mol. The number of likely N-dealkylation sites (N-methyl/N-ethyl adjacent to an activating group) is 1. The van der Waals surface area contributed by atoms with Crippen LogP contribution in [0.3, 0.4) is 0 Å². The summed E-state index contributed by atoms with van der Waals surface area (Å²) in [6, 6.07) is 9.88. The fourth-order valence-electron chi connectivity index (χ4n) is 6.29. The van der Waals surface area contributed by atoms with Gasteiger partial charge in [-0.3, -0.25) is 14.5 Å². The van der Waals surface area contributed by atoms with Gasteiger partial charge in [0.25, 0.3) is 5.91 Å². The SMILES string of the molecule is CN(C)CCN1C(=O)N[C@@](CCc2ccccc2)(C2CCN(C(=O)C3(C)CCCCC3)CC2)C1=O. The third-order valence-corrected chi connectivity index (χ3v) is 8.58. The minimum absolute atomic E-state index is 0.0234. The van der Waals surface area contributed by atoms with Gasteiger partial charge in [0.05, 0.1) is 0 Å². The van der Waals surface area contributed by atoms with Gasteiger partial charge in [-0.15, -0.1) is 0 Å². The molecule has 3 fully saturated rings. The second kappa shape index (κ2) is 10.7. The third-order valence-electron chi connectivity index (χ3n) is 8.58. The summed E-state index contributed by atoms with van der Waals surface area (Å²) in [5.74, 6) is 0.211. The summed E-state index contributed by atoms with van der Waals surface area (Å²) >= 11 is 0. The van der Waals surface area contributed by atoms with Crippen molar-refractivity contribution in [1.29, 1.82) is 0 Å². The van der Waals surface area contributed by atoms with Crippen LogP contribution in [0, 0.1) is 11.3 Å². The van der Waals surface area contributed by atoms with Crippen molar-refractivity contribution in [3.05, 3.63) is 35.9 Å². The van der Waals surface area contributed by atoms with Gasteiger partial charge in [-0.2, -0.15) is 0 Å². The summed E-state index contributed by atoms with van der Waals surface area (Å²) < 4.78 is 0. The Morgan fingerprint density at radius 2 is 1.71 bits per heavy atom. The normalized spacial score (nSPS) is 25.3. The van der Waals surface area contributed by atoms with E-state index in [-0.39, 0.29) is 29.2 Å². The van der Waals surface area contributed by atoms with E-state index in [0.717, 1.165) is 44.9 Å². The summed E-state index contributed by atoms with van der Waals surface area (Å²) in [7, 11) is 3.89. The quantitative estimate of drug-likeness (QED) is 0.574. The van der Waals surface area contributed by atoms with E-state index in [1.807, 2.05) is 42.1 Å². The molecule has 2 heterocycles. The Morgan fingerprint density at radius 1 is 1.06 bits per heavy atom. The number of hydrogen-bond acceptors (Lipinski definition) is 4. The lowest BCUT2D eigenvalue weighted by atomic mass is 9.72. The molecule has 0 aromatic heterocycles. The van der Waals surface area contributed by atoms with Crippen molar-refractivity contribution in [2.24, 2.45) is 11.3 Å². The fraction of sp³-hybridized carbons (Fsp3) is 0.679. The molecule has 1 aromatic carbocycles. The number of urea groups is 1. The molecule has 7 heteroatoms. The summed E-state index contributed by atoms with van der Waals surface area (Å²) in [4.78, 5) is 45.6. The molecule has 192 valence electrons. The molecule has 7 nitrogen and oxygen atoms in total. The molecule has 0 radical (unpaired) electrons. The zero-order valence-corrected chi connectivity index (χ0v) is 21.7. The fourth-order valence-corrected chi connectivity index (χ4v) is 6.29. The number of carbonyl (C=O) groups is 3. The first-order valence-electron chi connectivity index (χ1n) is 13.4. The van der Waals surface area contributed by atoms with E-state index in [1.54, 1.807) is 0 Å². The predicted octanol–water partition coefficient (Wildman–Crippen LogP) is 3.68. The van der Waals surface area contributed by atoms with Gasteiger partial charge in [0.2, 0.25) is 5.91 Å². The van der Waals surface area contributed by atoms with Crippen LogP contribution in [0.1, 0.15) is 63.9 Å². The van der Waals surface area contributed by atoms with Crippen molar-refractivity contribution in [2.45, 2.75) is 70.3 Å². The highest BCUT2D eigenvalue weighted by molar-refractivity contribution is 6.07. The minimum atomic E-state index is -0.900. The Hall–Kier alpha value is -2.41. The monoisotopic (exact) mass is 482 g/mol. The van der Waals surface area contributed by atoms with Gasteiger partial charge in [0.15, 0.2) is 0 Å². The van der Waals surface area contributed by atoms with Crippen molar-refractivity contribution in [3.63, 3.8) is 0 Å². The smallest absolute Gasteiger partial charge is 0.325 e. The number of rotatable bonds is 8. The molecule has 1 aliphatic carbocycles. The molecule has 35 heavy (non-hydrogen) atoms. The lowest BCUT2D eigenvalue weighted by Gasteiger charge is -2.44. The van der Waals surface area contributed by atoms with E-state index < -0.39 is 5.54 Å². The zero-order chi connectivity index (χ0) is 25.1. The van der Waals surface area contributed by atoms with Gasteiger partial charge in [-0.1, -0.05) is 56.5 Å². The van der Waals surface area contributed by atoms with Gasteiger partial charge in [-0.05, 0) is 64.1 Å². The second-order valence-electron chi connectivity index (χ2n) is 11.3. The number of likely N-dealkylation sites (tertiary alicyclic amines) is 1. The molecule has 0 unspecified atom stereocenters. The molecule has 2 saturated heterocycles. The van der Waals surface area contributed by atoms with E-state index in [2.05, 4.69) is 24.4 Å². The van der Waals surface area contributed by atoms with Crippen molar-refractivity contribution < 1.29 is 14.4 Å². The Balaban J connectivity index is 1.49. The second-order valence-corrected chi connectivity index (χ2v) is 11.3. The number of carbonyl (C=O) groups excluding carboxylic acids is 3. The molecule has 4 amide bonds. The number of aryl methyl sites for hydroxylation is 1. The van der Waals surface area contributed by atoms with E-state index in [1.165, 1.54) is 16.9 Å². The predicted molar refractivity (Wildman–Crippen MR) is 137 cm³/mol. The summed E-state index contributed by atoms with van der Waals surface area (Å²) in [5.41, 5.74) is 0.0260. The number of imide groups is 1. The number of piperidine rings is 1. The Labute approximate surface area is 210 Å². The molecule has 1 aromatic rings. The van der Waals surface area contributed by atoms with E-state index in [4.69, 9.17) is 0 Å². The van der Waals surface area contributed by atoms with Gasteiger partial charge in [0.1, 0.15) is 5.54 Å². The van der Waals surface area contributed by atoms with Crippen molar-refractivity contribution >= 4 is 17.8 Å². The number of amides is 4. The first kappa shape index (κ1) is 25.7. The van der Waals surface area contributed by atoms with Gasteiger partial charge in [0, 0.05) is 31.6 Å². The lowest BCUT2D eigenvalue weighted by Crippen LogP contribution is -2.57. The molecule has 1 N–H and O–H groups in total. The average molecular weight is 483 g/mol. The number of benzene rings is 1. The number of nitrogens with one attached hydrogen (secondary N) is 1. The lowest BCUT2D eigenvalue weighted by molar-refractivity contribution is -0.145. The highest BCUT2D eigenvalue weighted by atomic mass is 16.2. The summed E-state index contributed by atoms with van der Waals surface area (Å²) in [5, 5.41) is 3.16. The molecule has 2 aliphatic heterocycles. The van der Waals surface area contributed by atoms with Crippen LogP contribution in [0.5, 0.6) is 0 Å². The molecule has 3 aliphatic rings. The van der Waals surface area contributed by atoms with Crippen LogP contribution in [0.25, 0.3) is 0 Å². The van der Waals surface area contributed by atoms with E-state index in [0.29, 0.717) is 32.6 Å². The molecule has 1 saturated carbocycles. The Bertz CT molecular complexity index is 904. The maximum absolute atomic E-state index is 13.8. The van der Waals surface area contributed by atoms with Crippen LogP contribution in [0.4, 0.5) is 4.79 Å². The van der Waals surface area contributed by atoms with E-state index >= 15 is 0 Å². The van der Waals surface area contributed by atoms with Crippen LogP contribution in [0.15, 0.2) is 30.3 Å². The molecular formula is C28H42N4O3. The zero-order valence-electron chi connectivity index (χ0n) is 21.7. The maximum Gasteiger partial charge on any atom is 0.325 e. The minimum Gasteiger partial charge on any atom is -0.342 e. The van der Waals surface area contributed by atoms with Crippen LogP contribution in [-0.2, 0) is 16.0 Å². The first-order chi connectivity index (χ1) is 16.7. The van der Waals surface area contributed by atoms with Crippen LogP contribution < -0.4 is 5.32 Å². The molecule has 4 rings (SSSR count). The molecule has 1 atom stereocenters. The number of hydrogen-bond donors (Lipinski definition) is 1. The maximum atomic E-state index is 13.8. The van der Waals surface area contributed by atoms with Crippen molar-refractivity contribution in [1.82, 2.24) is 20.0 Å².